The van der Waals surface area contributed by atoms with Gasteiger partial charge in [0.2, 0.25) is 0 Å². The number of anilines is 2. The van der Waals surface area contributed by atoms with Crippen LogP contribution in [0.5, 0.6) is 0 Å². The van der Waals surface area contributed by atoms with Gasteiger partial charge in [-0.05, 0) is 48.8 Å². The third-order valence-electron chi connectivity index (χ3n) is 3.94. The number of hydrogen-bond acceptors (Lipinski definition) is 2. The van der Waals surface area contributed by atoms with Crippen molar-refractivity contribution in [2.24, 2.45) is 0 Å². The molecule has 3 rings (SSSR count). The third-order valence-corrected chi connectivity index (χ3v) is 4.14. The Morgan fingerprint density at radius 3 is 2.52 bits per heavy atom. The summed E-state index contributed by atoms with van der Waals surface area (Å²) in [6.45, 7) is 4.97. The van der Waals surface area contributed by atoms with Gasteiger partial charge in [0, 0.05) is 11.9 Å². The summed E-state index contributed by atoms with van der Waals surface area (Å²) < 4.78 is 1.90. The fraction of sp³-hybridized carbons (Fsp3) is 0.200. The van der Waals surface area contributed by atoms with Crippen molar-refractivity contribution in [3.63, 3.8) is 0 Å². The smallest absolute Gasteiger partial charge is 0.175 e. The number of aryl methyl sites for hydroxylation is 2. The molecule has 25 heavy (non-hydrogen) atoms. The molecule has 0 saturated heterocycles. The zero-order chi connectivity index (χ0) is 17.6. The molecule has 0 fully saturated rings. The molecular weight excluding hydrogens is 328 g/mol. The Bertz CT molecular complexity index is 852. The Morgan fingerprint density at radius 1 is 1.04 bits per heavy atom. The summed E-state index contributed by atoms with van der Waals surface area (Å²) in [7, 11) is 0. The molecular formula is C20H22N4S. The minimum Gasteiger partial charge on any atom is -0.332 e. The van der Waals surface area contributed by atoms with Gasteiger partial charge >= 0.3 is 0 Å². The maximum absolute atomic E-state index is 5.38. The van der Waals surface area contributed by atoms with Gasteiger partial charge in [0.25, 0.3) is 0 Å². The third kappa shape index (κ3) is 4.90. The zero-order valence-corrected chi connectivity index (χ0v) is 15.3. The SMILES string of the molecule is CCc1ccc(NC(=S)Nc2cnn(Cc3cccc(C)c3)c2)cc1. The number of hydrogen-bond donors (Lipinski definition) is 2. The van der Waals surface area contributed by atoms with E-state index in [9.17, 15) is 0 Å². The van der Waals surface area contributed by atoms with E-state index in [0.717, 1.165) is 24.3 Å². The molecule has 0 atom stereocenters. The van der Waals surface area contributed by atoms with Crippen molar-refractivity contribution in [2.75, 3.05) is 10.6 Å². The van der Waals surface area contributed by atoms with Crippen LogP contribution in [-0.4, -0.2) is 14.9 Å². The molecule has 4 nitrogen and oxygen atoms in total. The molecule has 0 aliphatic carbocycles. The first kappa shape index (κ1) is 17.2. The second-order valence-electron chi connectivity index (χ2n) is 6.05. The van der Waals surface area contributed by atoms with Crippen molar-refractivity contribution >= 4 is 28.7 Å². The molecule has 0 amide bonds. The first-order valence-corrected chi connectivity index (χ1v) is 8.78. The molecule has 0 saturated carbocycles. The van der Waals surface area contributed by atoms with Gasteiger partial charge in [-0.3, -0.25) is 4.68 Å². The Hall–Kier alpha value is -2.66. The van der Waals surface area contributed by atoms with Crippen molar-refractivity contribution < 1.29 is 0 Å². The molecule has 3 aromatic rings. The van der Waals surface area contributed by atoms with Gasteiger partial charge in [0.05, 0.1) is 18.4 Å². The van der Waals surface area contributed by atoms with E-state index in [4.69, 9.17) is 12.2 Å². The monoisotopic (exact) mass is 350 g/mol. The lowest BCUT2D eigenvalue weighted by Crippen LogP contribution is -2.18. The molecule has 128 valence electrons. The van der Waals surface area contributed by atoms with E-state index in [2.05, 4.69) is 66.0 Å². The van der Waals surface area contributed by atoms with Crippen LogP contribution in [0.1, 0.15) is 23.6 Å². The van der Waals surface area contributed by atoms with Crippen molar-refractivity contribution in [1.29, 1.82) is 0 Å². The van der Waals surface area contributed by atoms with Crippen LogP contribution in [0.15, 0.2) is 60.9 Å². The maximum atomic E-state index is 5.38. The molecule has 1 aromatic heterocycles. The van der Waals surface area contributed by atoms with Crippen LogP contribution in [-0.2, 0) is 13.0 Å². The lowest BCUT2D eigenvalue weighted by Gasteiger charge is -2.09. The lowest BCUT2D eigenvalue weighted by molar-refractivity contribution is 0.686. The highest BCUT2D eigenvalue weighted by atomic mass is 32.1. The normalized spacial score (nSPS) is 10.5. The second kappa shape index (κ2) is 7.94. The van der Waals surface area contributed by atoms with Crippen molar-refractivity contribution in [1.82, 2.24) is 9.78 Å². The predicted octanol–water partition coefficient (Wildman–Crippen LogP) is 4.61. The predicted molar refractivity (Wildman–Crippen MR) is 108 cm³/mol. The summed E-state index contributed by atoms with van der Waals surface area (Å²) in [6.07, 6.45) is 4.77. The van der Waals surface area contributed by atoms with Crippen LogP contribution in [0.25, 0.3) is 0 Å². The van der Waals surface area contributed by atoms with E-state index in [-0.39, 0.29) is 0 Å². The van der Waals surface area contributed by atoms with Gasteiger partial charge in [-0.15, -0.1) is 0 Å². The van der Waals surface area contributed by atoms with Crippen LogP contribution in [0.4, 0.5) is 11.4 Å². The molecule has 0 radical (unpaired) electrons. The maximum Gasteiger partial charge on any atom is 0.175 e. The number of nitrogens with one attached hydrogen (secondary N) is 2. The number of nitrogens with zero attached hydrogens (tertiary/aromatic N) is 2. The molecule has 0 bridgehead atoms. The molecule has 1 heterocycles. The van der Waals surface area contributed by atoms with Crippen LogP contribution < -0.4 is 10.6 Å². The van der Waals surface area contributed by atoms with Gasteiger partial charge in [0.15, 0.2) is 5.11 Å². The molecule has 2 N–H and O–H groups in total. The van der Waals surface area contributed by atoms with Crippen LogP contribution >= 0.6 is 12.2 Å². The van der Waals surface area contributed by atoms with Crippen molar-refractivity contribution in [3.8, 4) is 0 Å². The number of benzene rings is 2. The van der Waals surface area contributed by atoms with Crippen LogP contribution in [0, 0.1) is 6.92 Å². The average molecular weight is 350 g/mol. The number of aromatic nitrogens is 2. The molecule has 0 spiro atoms. The van der Waals surface area contributed by atoms with E-state index in [1.165, 1.54) is 16.7 Å². The van der Waals surface area contributed by atoms with Crippen molar-refractivity contribution in [2.45, 2.75) is 26.8 Å². The molecule has 0 aliphatic heterocycles. The van der Waals surface area contributed by atoms with Crippen molar-refractivity contribution in [3.05, 3.63) is 77.6 Å². The van der Waals surface area contributed by atoms with E-state index in [1.807, 2.05) is 23.0 Å². The first-order chi connectivity index (χ1) is 12.1. The summed E-state index contributed by atoms with van der Waals surface area (Å²) in [5, 5.41) is 11.3. The minimum atomic E-state index is 0.555. The second-order valence-corrected chi connectivity index (χ2v) is 6.45. The zero-order valence-electron chi connectivity index (χ0n) is 14.5. The molecule has 5 heteroatoms. The largest absolute Gasteiger partial charge is 0.332 e. The van der Waals surface area contributed by atoms with E-state index in [0.29, 0.717) is 5.11 Å². The summed E-state index contributed by atoms with van der Waals surface area (Å²) in [5.74, 6) is 0. The Morgan fingerprint density at radius 2 is 1.80 bits per heavy atom. The Balaban J connectivity index is 1.57. The quantitative estimate of drug-likeness (QED) is 0.659. The fourth-order valence-corrected chi connectivity index (χ4v) is 2.87. The number of thiocarbonyl (C=S) groups is 1. The van der Waals surface area contributed by atoms with Gasteiger partial charge in [-0.1, -0.05) is 48.9 Å². The van der Waals surface area contributed by atoms with Gasteiger partial charge in [0.1, 0.15) is 0 Å². The van der Waals surface area contributed by atoms with Gasteiger partial charge in [-0.2, -0.15) is 5.10 Å². The van der Waals surface area contributed by atoms with Gasteiger partial charge < -0.3 is 10.6 Å². The number of rotatable bonds is 5. The summed E-state index contributed by atoms with van der Waals surface area (Å²) >= 11 is 5.38. The molecule has 2 aromatic carbocycles. The minimum absolute atomic E-state index is 0.555. The van der Waals surface area contributed by atoms with E-state index < -0.39 is 0 Å². The highest BCUT2D eigenvalue weighted by Crippen LogP contribution is 2.12. The summed E-state index contributed by atoms with van der Waals surface area (Å²) in [4.78, 5) is 0. The van der Waals surface area contributed by atoms with Crippen LogP contribution in [0.2, 0.25) is 0 Å². The Kier molecular flexibility index (Phi) is 5.46. The molecule has 0 aliphatic rings. The van der Waals surface area contributed by atoms with Gasteiger partial charge in [-0.25, -0.2) is 0 Å². The summed E-state index contributed by atoms with van der Waals surface area (Å²) in [6, 6.07) is 16.7. The standard InChI is InChI=1S/C20H22N4S/c1-3-16-7-9-18(10-8-16)22-20(25)23-19-12-21-24(14-19)13-17-6-4-5-15(2)11-17/h4-12,14H,3,13H2,1-2H3,(H2,22,23,25). The topological polar surface area (TPSA) is 41.9 Å². The van der Waals surface area contributed by atoms with E-state index in [1.54, 1.807) is 6.20 Å². The first-order valence-electron chi connectivity index (χ1n) is 8.37. The average Bonchev–Trinajstić information content (AvgIpc) is 3.02. The Labute approximate surface area is 153 Å². The highest BCUT2D eigenvalue weighted by molar-refractivity contribution is 7.80. The van der Waals surface area contributed by atoms with Crippen LogP contribution in [0.3, 0.4) is 0 Å². The van der Waals surface area contributed by atoms with E-state index >= 15 is 0 Å². The lowest BCUT2D eigenvalue weighted by atomic mass is 10.1. The fourth-order valence-electron chi connectivity index (χ4n) is 2.63. The molecule has 0 unspecified atom stereocenters. The summed E-state index contributed by atoms with van der Waals surface area (Å²) in [5.41, 5.74) is 5.63. The highest BCUT2D eigenvalue weighted by Gasteiger charge is 2.03.